The van der Waals surface area contributed by atoms with E-state index in [4.69, 9.17) is 23.2 Å². The van der Waals surface area contributed by atoms with Crippen molar-refractivity contribution in [2.45, 2.75) is 0 Å². The number of amides is 1. The van der Waals surface area contributed by atoms with Gasteiger partial charge in [-0.25, -0.2) is 9.59 Å². The van der Waals surface area contributed by atoms with Gasteiger partial charge in [0.25, 0.3) is 0 Å². The minimum absolute atomic E-state index is 0.101. The normalized spacial score (nSPS) is 10.1. The van der Waals surface area contributed by atoms with Crippen LogP contribution in [0.5, 0.6) is 0 Å². The largest absolute Gasteiger partial charge is 0.465 e. The van der Waals surface area contributed by atoms with E-state index in [9.17, 15) is 14.4 Å². The highest BCUT2D eigenvalue weighted by Gasteiger charge is 2.17. The van der Waals surface area contributed by atoms with Gasteiger partial charge in [0.2, 0.25) is 5.91 Å². The highest BCUT2D eigenvalue weighted by Crippen LogP contribution is 2.23. The fourth-order valence-corrected chi connectivity index (χ4v) is 2.74. The molecule has 0 saturated carbocycles. The van der Waals surface area contributed by atoms with Gasteiger partial charge in [0.05, 0.1) is 37.6 Å². The summed E-state index contributed by atoms with van der Waals surface area (Å²) in [5.41, 5.74) is 0.958. The Kier molecular flexibility index (Phi) is 7.04. The average molecular weight is 411 g/mol. The number of hydrogen-bond acceptors (Lipinski definition) is 6. The van der Waals surface area contributed by atoms with E-state index in [0.717, 1.165) is 0 Å². The van der Waals surface area contributed by atoms with Crippen molar-refractivity contribution in [1.29, 1.82) is 0 Å². The van der Waals surface area contributed by atoms with Gasteiger partial charge in [0.1, 0.15) is 0 Å². The maximum Gasteiger partial charge on any atom is 0.339 e. The van der Waals surface area contributed by atoms with Gasteiger partial charge >= 0.3 is 11.9 Å². The summed E-state index contributed by atoms with van der Waals surface area (Å²) in [6.45, 7) is -0.125. The molecular weight excluding hydrogens is 395 g/mol. The minimum Gasteiger partial charge on any atom is -0.465 e. The molecule has 2 aromatic carbocycles. The molecule has 0 aromatic heterocycles. The highest BCUT2D eigenvalue weighted by atomic mass is 35.5. The first-order valence-corrected chi connectivity index (χ1v) is 8.40. The number of anilines is 2. The van der Waals surface area contributed by atoms with E-state index in [1.54, 1.807) is 18.2 Å². The van der Waals surface area contributed by atoms with Crippen LogP contribution in [0.25, 0.3) is 0 Å². The predicted molar refractivity (Wildman–Crippen MR) is 103 cm³/mol. The minimum atomic E-state index is -0.656. The van der Waals surface area contributed by atoms with Crippen LogP contribution in [0, 0.1) is 0 Å². The Labute approximate surface area is 165 Å². The number of carbonyl (C=O) groups is 3. The van der Waals surface area contributed by atoms with Crippen molar-refractivity contribution in [2.24, 2.45) is 0 Å². The van der Waals surface area contributed by atoms with Crippen LogP contribution < -0.4 is 10.6 Å². The molecular formula is C18H16Cl2N2O5. The van der Waals surface area contributed by atoms with Gasteiger partial charge < -0.3 is 20.1 Å². The van der Waals surface area contributed by atoms with Crippen molar-refractivity contribution < 1.29 is 23.9 Å². The third-order valence-corrected chi connectivity index (χ3v) is 3.87. The molecule has 0 bridgehead atoms. The third-order valence-electron chi connectivity index (χ3n) is 3.44. The maximum absolute atomic E-state index is 12.3. The molecule has 0 atom stereocenters. The molecule has 142 valence electrons. The van der Waals surface area contributed by atoms with Crippen molar-refractivity contribution in [3.8, 4) is 0 Å². The van der Waals surface area contributed by atoms with Gasteiger partial charge in [-0.2, -0.15) is 0 Å². The van der Waals surface area contributed by atoms with Crippen LogP contribution in [0.15, 0.2) is 36.4 Å². The quantitative estimate of drug-likeness (QED) is 0.706. The molecule has 0 radical (unpaired) electrons. The lowest BCUT2D eigenvalue weighted by Gasteiger charge is -2.12. The van der Waals surface area contributed by atoms with Crippen LogP contribution >= 0.6 is 23.2 Å². The first-order valence-electron chi connectivity index (χ1n) is 7.64. The number of ether oxygens (including phenoxy) is 2. The van der Waals surface area contributed by atoms with Crippen molar-refractivity contribution in [1.82, 2.24) is 0 Å². The maximum atomic E-state index is 12.3. The molecule has 0 saturated heterocycles. The molecule has 9 heteroatoms. The van der Waals surface area contributed by atoms with Gasteiger partial charge in [-0.15, -0.1) is 0 Å². The van der Waals surface area contributed by atoms with Crippen molar-refractivity contribution >= 4 is 52.4 Å². The van der Waals surface area contributed by atoms with Crippen LogP contribution in [0.4, 0.5) is 11.4 Å². The molecule has 0 aliphatic heterocycles. The topological polar surface area (TPSA) is 93.7 Å². The van der Waals surface area contributed by atoms with Gasteiger partial charge in [-0.3, -0.25) is 4.79 Å². The summed E-state index contributed by atoms with van der Waals surface area (Å²) in [7, 11) is 2.45. The molecule has 27 heavy (non-hydrogen) atoms. The summed E-state index contributed by atoms with van der Waals surface area (Å²) >= 11 is 11.8. The number of hydrogen-bond donors (Lipinski definition) is 2. The lowest BCUT2D eigenvalue weighted by atomic mass is 10.1. The monoisotopic (exact) mass is 410 g/mol. The van der Waals surface area contributed by atoms with Gasteiger partial charge in [0.15, 0.2) is 0 Å². The summed E-state index contributed by atoms with van der Waals surface area (Å²) < 4.78 is 9.33. The molecule has 1 amide bonds. The molecule has 0 aliphatic carbocycles. The molecule has 0 unspecified atom stereocenters. The predicted octanol–water partition coefficient (Wildman–Crippen LogP) is 3.62. The molecule has 2 rings (SSSR count). The van der Waals surface area contributed by atoms with E-state index in [1.165, 1.54) is 32.4 Å². The molecule has 0 fully saturated rings. The highest BCUT2D eigenvalue weighted by molar-refractivity contribution is 6.35. The second-order valence-electron chi connectivity index (χ2n) is 5.30. The second-order valence-corrected chi connectivity index (χ2v) is 6.18. The summed E-state index contributed by atoms with van der Waals surface area (Å²) in [5, 5.41) is 6.28. The number of nitrogens with one attached hydrogen (secondary N) is 2. The Bertz CT molecular complexity index is 866. The van der Waals surface area contributed by atoms with E-state index in [-0.39, 0.29) is 23.4 Å². The summed E-state index contributed by atoms with van der Waals surface area (Å²) in [6, 6.07) is 8.90. The zero-order valence-corrected chi connectivity index (χ0v) is 16.0. The van der Waals surface area contributed by atoms with E-state index in [0.29, 0.717) is 15.7 Å². The van der Waals surface area contributed by atoms with Gasteiger partial charge in [-0.1, -0.05) is 23.2 Å². The van der Waals surface area contributed by atoms with Crippen molar-refractivity contribution in [3.63, 3.8) is 0 Å². The third kappa shape index (κ3) is 5.60. The lowest BCUT2D eigenvalue weighted by Crippen LogP contribution is -2.23. The number of benzene rings is 2. The molecule has 0 heterocycles. The zero-order chi connectivity index (χ0) is 20.0. The molecule has 0 spiro atoms. The Morgan fingerprint density at radius 2 is 1.56 bits per heavy atom. The van der Waals surface area contributed by atoms with Gasteiger partial charge in [-0.05, 0) is 36.4 Å². The van der Waals surface area contributed by atoms with Crippen LogP contribution in [0.2, 0.25) is 10.0 Å². The number of halogens is 2. The fraction of sp³-hybridized carbons (Fsp3) is 0.167. The standard InChI is InChI=1S/C18H16Cl2N2O5/c1-26-17(24)10-3-4-14(18(25)27-2)15(5-10)22-16(23)9-21-13-7-11(19)6-12(20)8-13/h3-8,21H,9H2,1-2H3,(H,22,23). The molecule has 2 N–H and O–H groups in total. The van der Waals surface area contributed by atoms with E-state index >= 15 is 0 Å². The van der Waals surface area contributed by atoms with E-state index < -0.39 is 17.8 Å². The first kappa shape index (κ1) is 20.5. The Balaban J connectivity index is 2.16. The summed E-state index contributed by atoms with van der Waals surface area (Å²) in [6.07, 6.45) is 0. The van der Waals surface area contributed by atoms with E-state index in [1.807, 2.05) is 0 Å². The van der Waals surface area contributed by atoms with Crippen LogP contribution in [0.3, 0.4) is 0 Å². The smallest absolute Gasteiger partial charge is 0.339 e. The molecule has 2 aromatic rings. The van der Waals surface area contributed by atoms with Crippen LogP contribution in [-0.4, -0.2) is 38.6 Å². The Hall–Kier alpha value is -2.77. The van der Waals surface area contributed by atoms with Crippen molar-refractivity contribution in [2.75, 3.05) is 31.4 Å². The molecule has 0 aliphatic rings. The zero-order valence-electron chi connectivity index (χ0n) is 14.5. The number of methoxy groups -OCH3 is 2. The average Bonchev–Trinajstić information content (AvgIpc) is 2.64. The Morgan fingerprint density at radius 1 is 0.926 bits per heavy atom. The second kappa shape index (κ2) is 9.25. The van der Waals surface area contributed by atoms with Crippen LogP contribution in [0.1, 0.15) is 20.7 Å². The summed E-state index contributed by atoms with van der Waals surface area (Å²) in [4.78, 5) is 35.8. The first-order chi connectivity index (χ1) is 12.8. The van der Waals surface area contributed by atoms with Crippen LogP contribution in [-0.2, 0) is 14.3 Å². The van der Waals surface area contributed by atoms with Gasteiger partial charge in [0, 0.05) is 15.7 Å². The fourth-order valence-electron chi connectivity index (χ4n) is 2.21. The van der Waals surface area contributed by atoms with E-state index in [2.05, 4.69) is 20.1 Å². The Morgan fingerprint density at radius 3 is 2.15 bits per heavy atom. The molecule has 7 nitrogen and oxygen atoms in total. The SMILES string of the molecule is COC(=O)c1ccc(C(=O)OC)c(NC(=O)CNc2cc(Cl)cc(Cl)c2)c1. The lowest BCUT2D eigenvalue weighted by molar-refractivity contribution is -0.114. The van der Waals surface area contributed by atoms with Crippen molar-refractivity contribution in [3.05, 3.63) is 57.6 Å². The number of carbonyl (C=O) groups excluding carboxylic acids is 3. The number of rotatable bonds is 6. The summed E-state index contributed by atoms with van der Waals surface area (Å²) in [5.74, 6) is -1.72. The number of esters is 2.